The highest BCUT2D eigenvalue weighted by molar-refractivity contribution is 6.30. The smallest absolute Gasteiger partial charge is 0.257 e. The molecule has 0 atom stereocenters. The first-order chi connectivity index (χ1) is 11.0. The Kier molecular flexibility index (Phi) is 4.80. The van der Waals surface area contributed by atoms with Gasteiger partial charge in [-0.25, -0.2) is 0 Å². The van der Waals surface area contributed by atoms with E-state index in [-0.39, 0.29) is 17.2 Å². The van der Waals surface area contributed by atoms with Gasteiger partial charge in [0.1, 0.15) is 5.75 Å². The summed E-state index contributed by atoms with van der Waals surface area (Å²) in [5.41, 5.74) is 0.377. The highest BCUT2D eigenvalue weighted by atomic mass is 35.5. The van der Waals surface area contributed by atoms with Gasteiger partial charge in [0.25, 0.3) is 5.91 Å². The number of phenols is 1. The molecule has 23 heavy (non-hydrogen) atoms. The molecule has 1 spiro atoms. The summed E-state index contributed by atoms with van der Waals surface area (Å²) in [6.45, 7) is 4.40. The Bertz CT molecular complexity index is 587. The van der Waals surface area contributed by atoms with Crippen molar-refractivity contribution in [2.75, 3.05) is 39.8 Å². The molecule has 2 aliphatic heterocycles. The van der Waals surface area contributed by atoms with Crippen LogP contribution >= 0.6 is 11.6 Å². The van der Waals surface area contributed by atoms with Crippen LogP contribution in [0.1, 0.15) is 29.6 Å². The lowest BCUT2D eigenvalue weighted by molar-refractivity contribution is 0.0505. The minimum absolute atomic E-state index is 0.0411. The summed E-state index contributed by atoms with van der Waals surface area (Å²) in [5, 5.41) is 13.9. The molecule has 1 aromatic rings. The fourth-order valence-corrected chi connectivity index (χ4v) is 3.92. The molecular weight excluding hydrogens is 314 g/mol. The van der Waals surface area contributed by atoms with Crippen molar-refractivity contribution in [3.63, 3.8) is 0 Å². The van der Waals surface area contributed by atoms with E-state index in [9.17, 15) is 9.90 Å². The monoisotopic (exact) mass is 337 g/mol. The summed E-state index contributed by atoms with van der Waals surface area (Å²) < 4.78 is 0. The number of amides is 1. The average Bonchev–Trinajstić information content (AvgIpc) is 2.68. The number of phenolic OH excluding ortho intramolecular Hbond substituents is 1. The first-order valence-corrected chi connectivity index (χ1v) is 8.59. The van der Waals surface area contributed by atoms with Crippen molar-refractivity contribution in [2.45, 2.75) is 24.8 Å². The number of hydrogen-bond acceptors (Lipinski definition) is 4. The summed E-state index contributed by atoms with van der Waals surface area (Å²) in [6, 6.07) is 4.70. The number of aromatic hydroxyl groups is 1. The first-order valence-electron chi connectivity index (χ1n) is 8.22. The van der Waals surface area contributed by atoms with E-state index in [4.69, 9.17) is 11.6 Å². The predicted octanol–water partition coefficient (Wildman–Crippen LogP) is 1.95. The van der Waals surface area contributed by atoms with Crippen LogP contribution in [-0.2, 0) is 0 Å². The number of hydrogen-bond donors (Lipinski definition) is 2. The summed E-state index contributed by atoms with van der Waals surface area (Å²) in [7, 11) is 2.17. The van der Waals surface area contributed by atoms with Crippen LogP contribution < -0.4 is 5.32 Å². The second-order valence-corrected chi connectivity index (χ2v) is 7.07. The van der Waals surface area contributed by atoms with E-state index in [0.29, 0.717) is 17.1 Å². The van der Waals surface area contributed by atoms with Crippen molar-refractivity contribution in [2.24, 2.45) is 0 Å². The number of carbonyl (C=O) groups is 1. The lowest BCUT2D eigenvalue weighted by Gasteiger charge is -2.45. The van der Waals surface area contributed by atoms with Gasteiger partial charge in [-0.2, -0.15) is 0 Å². The van der Waals surface area contributed by atoms with Gasteiger partial charge >= 0.3 is 0 Å². The number of carbonyl (C=O) groups excluding carboxylic acids is 1. The second-order valence-electron chi connectivity index (χ2n) is 6.64. The number of likely N-dealkylation sites (N-methyl/N-ethyl adjacent to an activating group) is 1. The second kappa shape index (κ2) is 6.67. The molecule has 0 radical (unpaired) electrons. The lowest BCUT2D eigenvalue weighted by atomic mass is 9.86. The molecule has 6 heteroatoms. The van der Waals surface area contributed by atoms with Crippen LogP contribution in [0.2, 0.25) is 5.02 Å². The summed E-state index contributed by atoms with van der Waals surface area (Å²) in [6.07, 6.45) is 3.03. The SMILES string of the molecule is CN1CCCN(C(=O)c2ccc(Cl)cc2O)CC12CCNCC2. The lowest BCUT2D eigenvalue weighted by Crippen LogP contribution is -2.58. The maximum absolute atomic E-state index is 12.9. The van der Waals surface area contributed by atoms with E-state index in [2.05, 4.69) is 17.3 Å². The number of nitrogens with zero attached hydrogens (tertiary/aromatic N) is 2. The molecule has 0 unspecified atom stereocenters. The summed E-state index contributed by atoms with van der Waals surface area (Å²) in [5.74, 6) is -0.146. The Balaban J connectivity index is 1.84. The van der Waals surface area contributed by atoms with Gasteiger partial charge in [-0.15, -0.1) is 0 Å². The van der Waals surface area contributed by atoms with Gasteiger partial charge in [0.05, 0.1) is 5.56 Å². The summed E-state index contributed by atoms with van der Waals surface area (Å²) in [4.78, 5) is 17.2. The minimum Gasteiger partial charge on any atom is -0.507 e. The van der Waals surface area contributed by atoms with E-state index < -0.39 is 0 Å². The zero-order valence-corrected chi connectivity index (χ0v) is 14.3. The maximum atomic E-state index is 12.9. The van der Waals surface area contributed by atoms with Crippen molar-refractivity contribution in [3.8, 4) is 5.75 Å². The van der Waals surface area contributed by atoms with Gasteiger partial charge in [-0.1, -0.05) is 11.6 Å². The third-order valence-electron chi connectivity index (χ3n) is 5.23. The van der Waals surface area contributed by atoms with Gasteiger partial charge in [-0.05, 0) is 57.6 Å². The Labute approximate surface area is 142 Å². The molecule has 126 valence electrons. The van der Waals surface area contributed by atoms with Crippen LogP contribution in [0.15, 0.2) is 18.2 Å². The first kappa shape index (κ1) is 16.6. The molecule has 2 aliphatic rings. The molecule has 0 saturated carbocycles. The topological polar surface area (TPSA) is 55.8 Å². The Morgan fingerprint density at radius 1 is 1.30 bits per heavy atom. The van der Waals surface area contributed by atoms with Crippen LogP contribution in [-0.4, -0.2) is 66.1 Å². The third kappa shape index (κ3) is 3.32. The molecule has 2 saturated heterocycles. The number of piperidine rings is 1. The van der Waals surface area contributed by atoms with E-state index in [1.807, 2.05) is 4.90 Å². The molecule has 1 amide bonds. The van der Waals surface area contributed by atoms with E-state index in [1.165, 1.54) is 6.07 Å². The standard InChI is InChI=1S/C17H24ClN3O2/c1-20-9-2-10-21(12-17(20)5-7-19-8-6-17)16(23)14-4-3-13(18)11-15(14)22/h3-4,11,19,22H,2,5-10,12H2,1H3. The molecule has 0 aromatic heterocycles. The molecule has 0 bridgehead atoms. The normalized spacial score (nSPS) is 22.1. The largest absolute Gasteiger partial charge is 0.507 e. The molecule has 2 fully saturated rings. The zero-order valence-electron chi connectivity index (χ0n) is 13.5. The van der Waals surface area contributed by atoms with E-state index in [1.54, 1.807) is 12.1 Å². The van der Waals surface area contributed by atoms with Gasteiger partial charge in [-0.3, -0.25) is 9.69 Å². The zero-order chi connectivity index (χ0) is 16.4. The molecule has 3 rings (SSSR count). The van der Waals surface area contributed by atoms with Gasteiger partial charge < -0.3 is 15.3 Å². The Morgan fingerprint density at radius 3 is 2.74 bits per heavy atom. The fraction of sp³-hybridized carbons (Fsp3) is 0.588. The summed E-state index contributed by atoms with van der Waals surface area (Å²) >= 11 is 5.87. The molecule has 2 heterocycles. The highest BCUT2D eigenvalue weighted by Crippen LogP contribution is 2.31. The van der Waals surface area contributed by atoms with E-state index in [0.717, 1.165) is 45.4 Å². The third-order valence-corrected chi connectivity index (χ3v) is 5.46. The van der Waals surface area contributed by atoms with Gasteiger partial charge in [0, 0.05) is 30.2 Å². The molecule has 0 aliphatic carbocycles. The van der Waals surface area contributed by atoms with Crippen molar-refractivity contribution in [3.05, 3.63) is 28.8 Å². The van der Waals surface area contributed by atoms with Crippen LogP contribution in [0, 0.1) is 0 Å². The van der Waals surface area contributed by atoms with Crippen molar-refractivity contribution >= 4 is 17.5 Å². The van der Waals surface area contributed by atoms with E-state index >= 15 is 0 Å². The Hall–Kier alpha value is -1.30. The van der Waals surface area contributed by atoms with Gasteiger partial charge in [0.2, 0.25) is 0 Å². The van der Waals surface area contributed by atoms with Crippen molar-refractivity contribution < 1.29 is 9.90 Å². The number of benzene rings is 1. The maximum Gasteiger partial charge on any atom is 0.257 e. The van der Waals surface area contributed by atoms with Crippen molar-refractivity contribution in [1.29, 1.82) is 0 Å². The van der Waals surface area contributed by atoms with Crippen LogP contribution in [0.4, 0.5) is 0 Å². The average molecular weight is 338 g/mol. The number of halogens is 1. The fourth-order valence-electron chi connectivity index (χ4n) is 3.75. The molecule has 1 aromatic carbocycles. The Morgan fingerprint density at radius 2 is 2.04 bits per heavy atom. The molecule has 2 N–H and O–H groups in total. The molecular formula is C17H24ClN3O2. The van der Waals surface area contributed by atoms with Gasteiger partial charge in [0.15, 0.2) is 0 Å². The van der Waals surface area contributed by atoms with Crippen LogP contribution in [0.3, 0.4) is 0 Å². The quantitative estimate of drug-likeness (QED) is 0.822. The highest BCUT2D eigenvalue weighted by Gasteiger charge is 2.40. The van der Waals surface area contributed by atoms with Crippen LogP contribution in [0.5, 0.6) is 5.75 Å². The predicted molar refractivity (Wildman–Crippen MR) is 91.1 cm³/mol. The van der Waals surface area contributed by atoms with Crippen LogP contribution in [0.25, 0.3) is 0 Å². The number of rotatable bonds is 1. The minimum atomic E-state index is -0.104. The number of nitrogens with one attached hydrogen (secondary N) is 1. The molecule has 5 nitrogen and oxygen atoms in total. The van der Waals surface area contributed by atoms with Crippen molar-refractivity contribution in [1.82, 2.24) is 15.1 Å².